The predicted molar refractivity (Wildman–Crippen MR) is 101 cm³/mol. The number of carbonyl (C=O) groups is 1. The van der Waals surface area contributed by atoms with Crippen molar-refractivity contribution in [2.45, 2.75) is 51.7 Å². The largest absolute Gasteiger partial charge is 0.495 e. The molecule has 0 aliphatic heterocycles. The molecule has 2 aromatic rings. The zero-order valence-corrected chi connectivity index (χ0v) is 16.3. The van der Waals surface area contributed by atoms with Crippen LogP contribution in [0.4, 0.5) is 5.69 Å². The van der Waals surface area contributed by atoms with E-state index in [1.165, 1.54) is 11.8 Å². The molecule has 7 heteroatoms. The molecule has 0 saturated heterocycles. The minimum absolute atomic E-state index is 0.0916. The Balaban J connectivity index is 2.04. The lowest BCUT2D eigenvalue weighted by molar-refractivity contribution is -0.113. The van der Waals surface area contributed by atoms with Gasteiger partial charge in [-0.05, 0) is 31.0 Å². The van der Waals surface area contributed by atoms with Gasteiger partial charge >= 0.3 is 0 Å². The number of aromatic nitrogens is 3. The highest BCUT2D eigenvalue weighted by Crippen LogP contribution is 2.26. The number of carbonyl (C=O) groups excluding carboxylic acids is 1. The van der Waals surface area contributed by atoms with E-state index in [1.807, 2.05) is 25.1 Å². The Bertz CT molecular complexity index is 728. The van der Waals surface area contributed by atoms with Crippen molar-refractivity contribution in [3.05, 3.63) is 29.6 Å². The average molecular weight is 362 g/mol. The van der Waals surface area contributed by atoms with Crippen LogP contribution in [-0.2, 0) is 11.3 Å². The standard InChI is InChI=1S/C18H26N4O2S/c1-6-9-22-17(12(2)3)20-21-18(22)25-11-16(23)19-14-10-13(4)7-8-15(14)24-5/h7-8,10,12H,6,9,11H2,1-5H3,(H,19,23). The Morgan fingerprint density at radius 3 is 2.76 bits per heavy atom. The van der Waals surface area contributed by atoms with Crippen molar-refractivity contribution in [2.75, 3.05) is 18.2 Å². The number of rotatable bonds is 8. The summed E-state index contributed by atoms with van der Waals surface area (Å²) < 4.78 is 7.40. The van der Waals surface area contributed by atoms with E-state index in [0.29, 0.717) is 17.4 Å². The minimum atomic E-state index is -0.0916. The summed E-state index contributed by atoms with van der Waals surface area (Å²) in [5.74, 6) is 2.10. The molecule has 0 bridgehead atoms. The van der Waals surface area contributed by atoms with Gasteiger partial charge in [-0.25, -0.2) is 0 Å². The van der Waals surface area contributed by atoms with Crippen LogP contribution >= 0.6 is 11.8 Å². The number of hydrogen-bond donors (Lipinski definition) is 1. The second kappa shape index (κ2) is 8.89. The molecule has 6 nitrogen and oxygen atoms in total. The molecule has 0 atom stereocenters. The molecular weight excluding hydrogens is 336 g/mol. The zero-order chi connectivity index (χ0) is 18.4. The highest BCUT2D eigenvalue weighted by Gasteiger charge is 2.16. The second-order valence-corrected chi connectivity index (χ2v) is 7.13. The third kappa shape index (κ3) is 4.98. The summed E-state index contributed by atoms with van der Waals surface area (Å²) in [6, 6.07) is 5.70. The summed E-state index contributed by atoms with van der Waals surface area (Å²) in [6.07, 6.45) is 0.998. The topological polar surface area (TPSA) is 69.0 Å². The number of anilines is 1. The predicted octanol–water partition coefficient (Wildman–Crippen LogP) is 3.86. The lowest BCUT2D eigenvalue weighted by atomic mass is 10.2. The van der Waals surface area contributed by atoms with Crippen LogP contribution < -0.4 is 10.1 Å². The molecule has 0 saturated carbocycles. The lowest BCUT2D eigenvalue weighted by Crippen LogP contribution is -2.15. The Morgan fingerprint density at radius 2 is 2.12 bits per heavy atom. The molecule has 25 heavy (non-hydrogen) atoms. The molecule has 1 amide bonds. The van der Waals surface area contributed by atoms with Crippen LogP contribution in [0, 0.1) is 6.92 Å². The van der Waals surface area contributed by atoms with Crippen LogP contribution in [0.5, 0.6) is 5.75 Å². The first kappa shape index (κ1) is 19.3. The molecule has 136 valence electrons. The summed E-state index contributed by atoms with van der Waals surface area (Å²) in [5.41, 5.74) is 1.75. The molecule has 1 N–H and O–H groups in total. The van der Waals surface area contributed by atoms with E-state index in [0.717, 1.165) is 29.5 Å². The summed E-state index contributed by atoms with van der Waals surface area (Å²) in [4.78, 5) is 12.3. The number of ether oxygens (including phenoxy) is 1. The minimum Gasteiger partial charge on any atom is -0.495 e. The molecule has 0 aliphatic carbocycles. The Morgan fingerprint density at radius 1 is 1.36 bits per heavy atom. The van der Waals surface area contributed by atoms with Crippen molar-refractivity contribution in [3.63, 3.8) is 0 Å². The van der Waals surface area contributed by atoms with Gasteiger partial charge in [0.25, 0.3) is 0 Å². The maximum Gasteiger partial charge on any atom is 0.234 e. The van der Waals surface area contributed by atoms with Crippen LogP contribution in [0.1, 0.15) is 44.5 Å². The molecule has 0 spiro atoms. The van der Waals surface area contributed by atoms with Gasteiger partial charge < -0.3 is 14.6 Å². The number of aryl methyl sites for hydroxylation is 1. The fourth-order valence-electron chi connectivity index (χ4n) is 2.50. The van der Waals surface area contributed by atoms with Crippen molar-refractivity contribution in [1.29, 1.82) is 0 Å². The number of nitrogens with zero attached hydrogens (tertiary/aromatic N) is 3. The molecule has 1 aromatic carbocycles. The quantitative estimate of drug-likeness (QED) is 0.722. The number of thioether (sulfide) groups is 1. The molecule has 0 fully saturated rings. The van der Waals surface area contributed by atoms with Crippen molar-refractivity contribution in [1.82, 2.24) is 14.8 Å². The Kier molecular flexibility index (Phi) is 6.87. The fraction of sp³-hybridized carbons (Fsp3) is 0.500. The van der Waals surface area contributed by atoms with Crippen LogP contribution in [-0.4, -0.2) is 33.5 Å². The van der Waals surface area contributed by atoms with E-state index < -0.39 is 0 Å². The lowest BCUT2D eigenvalue weighted by Gasteiger charge is -2.12. The summed E-state index contributed by atoms with van der Waals surface area (Å²) in [5, 5.41) is 12.2. The molecule has 0 aliphatic rings. The Hall–Kier alpha value is -2.02. The van der Waals surface area contributed by atoms with Gasteiger partial charge in [0.1, 0.15) is 11.6 Å². The van der Waals surface area contributed by atoms with Gasteiger partial charge in [-0.3, -0.25) is 4.79 Å². The Labute approximate surface area is 153 Å². The van der Waals surface area contributed by atoms with Crippen molar-refractivity contribution < 1.29 is 9.53 Å². The smallest absolute Gasteiger partial charge is 0.234 e. The van der Waals surface area contributed by atoms with Crippen molar-refractivity contribution in [2.24, 2.45) is 0 Å². The molecule has 0 radical (unpaired) electrons. The van der Waals surface area contributed by atoms with Gasteiger partial charge in [-0.1, -0.05) is 38.6 Å². The number of hydrogen-bond acceptors (Lipinski definition) is 5. The first-order chi connectivity index (χ1) is 12.0. The van der Waals surface area contributed by atoms with Gasteiger partial charge in [0, 0.05) is 12.5 Å². The molecular formula is C18H26N4O2S. The van der Waals surface area contributed by atoms with Gasteiger partial charge in [0.05, 0.1) is 18.6 Å². The normalized spacial score (nSPS) is 11.0. The number of methoxy groups -OCH3 is 1. The molecule has 1 heterocycles. The first-order valence-electron chi connectivity index (χ1n) is 8.46. The van der Waals surface area contributed by atoms with Crippen LogP contribution in [0.2, 0.25) is 0 Å². The van der Waals surface area contributed by atoms with E-state index >= 15 is 0 Å². The second-order valence-electron chi connectivity index (χ2n) is 6.19. The zero-order valence-electron chi connectivity index (χ0n) is 15.5. The number of nitrogens with one attached hydrogen (secondary N) is 1. The van der Waals surface area contributed by atoms with Crippen LogP contribution in [0.3, 0.4) is 0 Å². The summed E-state index contributed by atoms with van der Waals surface area (Å²) in [7, 11) is 1.59. The van der Waals surface area contributed by atoms with Gasteiger partial charge in [0.2, 0.25) is 5.91 Å². The highest BCUT2D eigenvalue weighted by atomic mass is 32.2. The SMILES string of the molecule is CCCn1c(SCC(=O)Nc2cc(C)ccc2OC)nnc1C(C)C. The summed E-state index contributed by atoms with van der Waals surface area (Å²) in [6.45, 7) is 9.15. The fourth-order valence-corrected chi connectivity index (χ4v) is 3.28. The average Bonchev–Trinajstić information content (AvgIpc) is 2.96. The third-order valence-electron chi connectivity index (χ3n) is 3.67. The highest BCUT2D eigenvalue weighted by molar-refractivity contribution is 7.99. The molecule has 1 aromatic heterocycles. The van der Waals surface area contributed by atoms with E-state index in [9.17, 15) is 4.79 Å². The maximum atomic E-state index is 12.3. The van der Waals surface area contributed by atoms with E-state index in [1.54, 1.807) is 7.11 Å². The number of amides is 1. The van der Waals surface area contributed by atoms with Crippen molar-refractivity contribution in [3.8, 4) is 5.75 Å². The van der Waals surface area contributed by atoms with E-state index in [4.69, 9.17) is 4.74 Å². The van der Waals surface area contributed by atoms with Crippen LogP contribution in [0.25, 0.3) is 0 Å². The molecule has 0 unspecified atom stereocenters. The maximum absolute atomic E-state index is 12.3. The van der Waals surface area contributed by atoms with E-state index in [-0.39, 0.29) is 11.7 Å². The van der Waals surface area contributed by atoms with Gasteiger partial charge in [0.15, 0.2) is 5.16 Å². The van der Waals surface area contributed by atoms with Gasteiger partial charge in [-0.15, -0.1) is 10.2 Å². The number of benzene rings is 1. The van der Waals surface area contributed by atoms with Crippen molar-refractivity contribution >= 4 is 23.4 Å². The van der Waals surface area contributed by atoms with E-state index in [2.05, 4.69) is 40.9 Å². The van der Waals surface area contributed by atoms with Crippen LogP contribution in [0.15, 0.2) is 23.4 Å². The first-order valence-corrected chi connectivity index (χ1v) is 9.45. The third-order valence-corrected chi connectivity index (χ3v) is 4.64. The molecule has 2 rings (SSSR count). The van der Waals surface area contributed by atoms with Gasteiger partial charge in [-0.2, -0.15) is 0 Å². The summed E-state index contributed by atoms with van der Waals surface area (Å²) >= 11 is 1.41. The monoisotopic (exact) mass is 362 g/mol.